The zero-order chi connectivity index (χ0) is 23.2. The molecule has 1 spiro atoms. The average molecular weight is 447 g/mol. The normalized spacial score (nSPS) is 25.6. The van der Waals surface area contributed by atoms with Gasteiger partial charge in [0.25, 0.3) is 11.9 Å². The summed E-state index contributed by atoms with van der Waals surface area (Å²) < 4.78 is 19.2. The number of nitrogens with one attached hydrogen (secondary N) is 2. The van der Waals surface area contributed by atoms with Gasteiger partial charge >= 0.3 is 0 Å². The van der Waals surface area contributed by atoms with Crippen molar-refractivity contribution in [3.63, 3.8) is 0 Å². The fourth-order valence-corrected chi connectivity index (χ4v) is 5.15. The Balaban J connectivity index is 1.54. The van der Waals surface area contributed by atoms with Gasteiger partial charge in [0, 0.05) is 27.8 Å². The first-order valence-electron chi connectivity index (χ1n) is 10.7. The third kappa shape index (κ3) is 3.34. The monoisotopic (exact) mass is 447 g/mol. The molecule has 2 N–H and O–H groups in total. The van der Waals surface area contributed by atoms with Gasteiger partial charge in [0.1, 0.15) is 18.2 Å². The highest BCUT2D eigenvalue weighted by molar-refractivity contribution is 6.07. The number of para-hydroxylation sites is 2. The van der Waals surface area contributed by atoms with Crippen molar-refractivity contribution in [2.75, 3.05) is 5.32 Å². The van der Waals surface area contributed by atoms with E-state index in [1.165, 1.54) is 12.1 Å². The summed E-state index contributed by atoms with van der Waals surface area (Å²) in [6.07, 6.45) is 0. The van der Waals surface area contributed by atoms with Crippen LogP contribution in [0.3, 0.4) is 0 Å². The van der Waals surface area contributed by atoms with E-state index in [9.17, 15) is 19.3 Å². The Hall–Kier alpha value is -3.78. The third-order valence-corrected chi connectivity index (χ3v) is 6.55. The molecule has 1 amide bonds. The van der Waals surface area contributed by atoms with E-state index in [0.717, 1.165) is 5.56 Å². The van der Waals surface area contributed by atoms with E-state index in [4.69, 9.17) is 4.74 Å². The number of halogens is 1. The number of anilines is 1. The van der Waals surface area contributed by atoms with Crippen LogP contribution in [0, 0.1) is 15.9 Å². The van der Waals surface area contributed by atoms with Gasteiger partial charge in [-0.2, -0.15) is 0 Å². The Morgan fingerprint density at radius 3 is 2.52 bits per heavy atom. The third-order valence-electron chi connectivity index (χ3n) is 6.55. The number of carbonyl (C=O) groups is 1. The number of fused-ring (bicyclic) bond motifs is 2. The molecule has 0 saturated carbocycles. The first-order valence-corrected chi connectivity index (χ1v) is 10.7. The van der Waals surface area contributed by atoms with Crippen LogP contribution in [0.2, 0.25) is 0 Å². The van der Waals surface area contributed by atoms with Crippen molar-refractivity contribution in [1.29, 1.82) is 0 Å². The van der Waals surface area contributed by atoms with E-state index in [0.29, 0.717) is 22.6 Å². The van der Waals surface area contributed by atoms with E-state index in [2.05, 4.69) is 10.6 Å². The maximum atomic E-state index is 13.2. The van der Waals surface area contributed by atoms with Crippen molar-refractivity contribution in [2.24, 2.45) is 0 Å². The lowest BCUT2D eigenvalue weighted by molar-refractivity contribution is -0.532. The lowest BCUT2D eigenvalue weighted by Gasteiger charge is -2.26. The topological polar surface area (TPSA) is 93.5 Å². The highest BCUT2D eigenvalue weighted by Gasteiger charge is 2.67. The van der Waals surface area contributed by atoms with Gasteiger partial charge in [-0.1, -0.05) is 48.5 Å². The van der Waals surface area contributed by atoms with Crippen molar-refractivity contribution >= 4 is 11.6 Å². The first-order chi connectivity index (χ1) is 15.9. The van der Waals surface area contributed by atoms with Crippen molar-refractivity contribution in [2.45, 2.75) is 37.1 Å². The molecule has 0 aromatic heterocycles. The zero-order valence-electron chi connectivity index (χ0n) is 17.8. The Labute approximate surface area is 189 Å². The van der Waals surface area contributed by atoms with Crippen molar-refractivity contribution < 1.29 is 18.8 Å². The molecule has 0 unspecified atom stereocenters. The molecule has 0 radical (unpaired) electrons. The predicted molar refractivity (Wildman–Crippen MR) is 120 cm³/mol. The summed E-state index contributed by atoms with van der Waals surface area (Å²) in [5.41, 5.74) is 1.10. The van der Waals surface area contributed by atoms with Crippen LogP contribution in [0.4, 0.5) is 10.1 Å². The lowest BCUT2D eigenvalue weighted by Crippen LogP contribution is -2.54. The van der Waals surface area contributed by atoms with Crippen LogP contribution in [0.1, 0.15) is 29.5 Å². The summed E-state index contributed by atoms with van der Waals surface area (Å²) in [7, 11) is 0. The van der Waals surface area contributed by atoms with Gasteiger partial charge in [0.05, 0.1) is 5.92 Å². The second-order valence-electron chi connectivity index (χ2n) is 8.45. The Kier molecular flexibility index (Phi) is 5.09. The molecule has 4 atom stereocenters. The molecule has 8 heteroatoms. The summed E-state index contributed by atoms with van der Waals surface area (Å²) >= 11 is 0. The largest absolute Gasteiger partial charge is 0.489 e. The molecule has 1 saturated heterocycles. The SMILES string of the molecule is C[C@@H]1N[C@]2(C(=O)Nc3ccccc32)[C@H]([N+](=O)[O-])[C@H]1c1ccccc1OCc1ccc(F)cc1. The standard InChI is InChI=1S/C25H22FN3O4/c1-15-22(18-6-2-5-9-21(18)33-14-16-10-12-17(26)13-11-16)23(29(31)32)25(28-15)19-7-3-4-8-20(19)27-24(25)30/h2-13,15,22-23,28H,14H2,1H3,(H,27,30)/t15-,22+,23+,25-/m0/s1. The van der Waals surface area contributed by atoms with Gasteiger partial charge in [-0.3, -0.25) is 20.2 Å². The molecule has 1 fully saturated rings. The number of hydrogen-bond donors (Lipinski definition) is 2. The van der Waals surface area contributed by atoms with Crippen molar-refractivity contribution in [1.82, 2.24) is 5.32 Å². The average Bonchev–Trinajstić information content (AvgIpc) is 3.27. The van der Waals surface area contributed by atoms with Crippen molar-refractivity contribution in [3.05, 3.63) is 105 Å². The summed E-state index contributed by atoms with van der Waals surface area (Å²) in [6, 6.07) is 18.6. The maximum Gasteiger partial charge on any atom is 0.256 e. The van der Waals surface area contributed by atoms with Gasteiger partial charge in [-0.05, 0) is 36.8 Å². The number of rotatable bonds is 5. The lowest BCUT2D eigenvalue weighted by atomic mass is 9.78. The second kappa shape index (κ2) is 7.97. The number of benzene rings is 3. The molecule has 33 heavy (non-hydrogen) atoms. The predicted octanol–water partition coefficient (Wildman–Crippen LogP) is 3.97. The smallest absolute Gasteiger partial charge is 0.256 e. The second-order valence-corrected chi connectivity index (χ2v) is 8.45. The van der Waals surface area contributed by atoms with Crippen LogP contribution in [0.15, 0.2) is 72.8 Å². The number of ether oxygens (including phenoxy) is 1. The molecule has 0 bridgehead atoms. The van der Waals surface area contributed by atoms with Crippen LogP contribution >= 0.6 is 0 Å². The fourth-order valence-electron chi connectivity index (χ4n) is 5.15. The van der Waals surface area contributed by atoms with E-state index in [1.807, 2.05) is 6.92 Å². The van der Waals surface area contributed by atoms with Gasteiger partial charge < -0.3 is 10.1 Å². The molecule has 168 valence electrons. The first kappa shape index (κ1) is 21.1. The van der Waals surface area contributed by atoms with E-state index in [-0.39, 0.29) is 23.4 Å². The number of nitrogens with zero attached hydrogens (tertiary/aromatic N) is 1. The van der Waals surface area contributed by atoms with Crippen LogP contribution in [0.25, 0.3) is 0 Å². The minimum Gasteiger partial charge on any atom is -0.489 e. The molecule has 3 aromatic rings. The highest BCUT2D eigenvalue weighted by Crippen LogP contribution is 2.50. The quantitative estimate of drug-likeness (QED) is 0.456. The minimum atomic E-state index is -1.48. The highest BCUT2D eigenvalue weighted by atomic mass is 19.1. The van der Waals surface area contributed by atoms with Crippen LogP contribution in [0.5, 0.6) is 5.75 Å². The molecule has 0 aliphatic carbocycles. The van der Waals surface area contributed by atoms with E-state index >= 15 is 0 Å². The van der Waals surface area contributed by atoms with Gasteiger partial charge in [-0.25, -0.2) is 4.39 Å². The van der Waals surface area contributed by atoms with Gasteiger partial charge in [0.15, 0.2) is 5.54 Å². The number of amides is 1. The summed E-state index contributed by atoms with van der Waals surface area (Å²) in [5, 5.41) is 18.6. The molecular weight excluding hydrogens is 425 g/mol. The molecular formula is C25H22FN3O4. The molecule has 3 aromatic carbocycles. The molecule has 5 rings (SSSR count). The molecule has 2 aliphatic rings. The Morgan fingerprint density at radius 1 is 1.06 bits per heavy atom. The summed E-state index contributed by atoms with van der Waals surface area (Å²) in [6.45, 7) is 2.03. The number of hydrogen-bond acceptors (Lipinski definition) is 5. The number of carbonyl (C=O) groups excluding carboxylic acids is 1. The zero-order valence-corrected chi connectivity index (χ0v) is 17.8. The Morgan fingerprint density at radius 2 is 1.76 bits per heavy atom. The van der Waals surface area contributed by atoms with Gasteiger partial charge in [0.2, 0.25) is 0 Å². The van der Waals surface area contributed by atoms with E-state index < -0.39 is 23.4 Å². The van der Waals surface area contributed by atoms with Crippen LogP contribution in [-0.2, 0) is 16.9 Å². The molecule has 2 aliphatic heterocycles. The van der Waals surface area contributed by atoms with Crippen LogP contribution < -0.4 is 15.4 Å². The molecule has 7 nitrogen and oxygen atoms in total. The number of nitro groups is 1. The summed E-state index contributed by atoms with van der Waals surface area (Å²) in [5.74, 6) is -0.888. The Bertz CT molecular complexity index is 1230. The van der Waals surface area contributed by atoms with Crippen molar-refractivity contribution in [3.8, 4) is 5.75 Å². The van der Waals surface area contributed by atoms with E-state index in [1.54, 1.807) is 60.7 Å². The minimum absolute atomic E-state index is 0.184. The maximum absolute atomic E-state index is 13.2. The summed E-state index contributed by atoms with van der Waals surface area (Å²) in [4.78, 5) is 25.3. The molecule has 2 heterocycles. The van der Waals surface area contributed by atoms with Crippen LogP contribution in [-0.4, -0.2) is 22.9 Å². The fraction of sp³-hybridized carbons (Fsp3) is 0.240. The van der Waals surface area contributed by atoms with Gasteiger partial charge in [-0.15, -0.1) is 0 Å².